The van der Waals surface area contributed by atoms with Crippen molar-refractivity contribution in [2.24, 2.45) is 0 Å². The van der Waals surface area contributed by atoms with Crippen molar-refractivity contribution in [3.63, 3.8) is 0 Å². The lowest BCUT2D eigenvalue weighted by molar-refractivity contribution is -0.155. The molecule has 0 saturated carbocycles. The molecule has 124 valence electrons. The number of aliphatic carboxylic acids is 1. The molecule has 5 nitrogen and oxygen atoms in total. The molecule has 0 spiro atoms. The highest BCUT2D eigenvalue weighted by Gasteiger charge is 2.40. The summed E-state index contributed by atoms with van der Waals surface area (Å²) in [6.07, 6.45) is 1.01. The van der Waals surface area contributed by atoms with Crippen molar-refractivity contribution >= 4 is 35.1 Å². The second-order valence-corrected chi connectivity index (χ2v) is 6.71. The monoisotopic (exact) mass is 357 g/mol. The fourth-order valence-electron chi connectivity index (χ4n) is 3.28. The van der Waals surface area contributed by atoms with Crippen LogP contribution < -0.4 is 0 Å². The van der Waals surface area contributed by atoms with E-state index in [1.54, 1.807) is 17.0 Å². The van der Waals surface area contributed by atoms with Crippen LogP contribution >= 0.6 is 23.2 Å². The van der Waals surface area contributed by atoms with E-state index < -0.39 is 18.2 Å². The maximum atomic E-state index is 12.7. The summed E-state index contributed by atoms with van der Waals surface area (Å²) in [7, 11) is 0. The van der Waals surface area contributed by atoms with Gasteiger partial charge in [0.05, 0.1) is 16.1 Å². The number of carbonyl (C=O) groups is 2. The third kappa shape index (κ3) is 3.32. The first-order valence-electron chi connectivity index (χ1n) is 7.61. The first-order valence-corrected chi connectivity index (χ1v) is 8.36. The molecule has 3 atom stereocenters. The zero-order valence-electron chi connectivity index (χ0n) is 12.4. The van der Waals surface area contributed by atoms with Gasteiger partial charge < -0.3 is 14.7 Å². The minimum atomic E-state index is -1.01. The van der Waals surface area contributed by atoms with Crippen molar-refractivity contribution in [2.75, 3.05) is 6.54 Å². The van der Waals surface area contributed by atoms with Crippen molar-refractivity contribution in [3.8, 4) is 0 Å². The SMILES string of the molecule is O=C(O)[C@H]1CC[C@@H](C(=O)N2CCCC2c2ccc(Cl)c(Cl)c2)O1. The van der Waals surface area contributed by atoms with Crippen LogP contribution in [0, 0.1) is 0 Å². The summed E-state index contributed by atoms with van der Waals surface area (Å²) in [6, 6.07) is 5.33. The molecule has 2 heterocycles. The summed E-state index contributed by atoms with van der Waals surface area (Å²) in [5.41, 5.74) is 0.943. The number of ether oxygens (including phenoxy) is 1. The molecule has 0 radical (unpaired) electrons. The minimum absolute atomic E-state index is 0.0651. The molecule has 2 saturated heterocycles. The molecular weight excluding hydrogens is 341 g/mol. The van der Waals surface area contributed by atoms with E-state index >= 15 is 0 Å². The second-order valence-electron chi connectivity index (χ2n) is 5.89. The first kappa shape index (κ1) is 16.6. The highest BCUT2D eigenvalue weighted by atomic mass is 35.5. The smallest absolute Gasteiger partial charge is 0.332 e. The number of likely N-dealkylation sites (tertiary alicyclic amines) is 1. The summed E-state index contributed by atoms with van der Waals surface area (Å²) in [4.78, 5) is 25.4. The Morgan fingerprint density at radius 1 is 1.13 bits per heavy atom. The summed E-state index contributed by atoms with van der Waals surface area (Å²) >= 11 is 12.0. The van der Waals surface area contributed by atoms with E-state index in [1.165, 1.54) is 0 Å². The van der Waals surface area contributed by atoms with Gasteiger partial charge in [-0.05, 0) is 43.4 Å². The Morgan fingerprint density at radius 2 is 1.87 bits per heavy atom. The normalized spacial score (nSPS) is 27.4. The molecule has 1 amide bonds. The van der Waals surface area contributed by atoms with Crippen molar-refractivity contribution < 1.29 is 19.4 Å². The number of benzene rings is 1. The van der Waals surface area contributed by atoms with Gasteiger partial charge in [-0.25, -0.2) is 4.79 Å². The van der Waals surface area contributed by atoms with Crippen molar-refractivity contribution in [3.05, 3.63) is 33.8 Å². The highest BCUT2D eigenvalue weighted by Crippen LogP contribution is 2.36. The highest BCUT2D eigenvalue weighted by molar-refractivity contribution is 6.42. The fourth-order valence-corrected chi connectivity index (χ4v) is 3.59. The first-order chi connectivity index (χ1) is 11.0. The minimum Gasteiger partial charge on any atom is -0.479 e. The summed E-state index contributed by atoms with van der Waals surface area (Å²) in [6.45, 7) is 0.640. The Kier molecular flexibility index (Phi) is 4.80. The van der Waals surface area contributed by atoms with Crippen LogP contribution in [0.15, 0.2) is 18.2 Å². The molecule has 1 aromatic carbocycles. The third-order valence-electron chi connectivity index (χ3n) is 4.43. The van der Waals surface area contributed by atoms with Crippen molar-refractivity contribution in [2.45, 2.75) is 43.9 Å². The molecule has 1 aromatic rings. The molecule has 2 aliphatic rings. The average molecular weight is 358 g/mol. The molecule has 3 rings (SSSR count). The molecule has 0 aromatic heterocycles. The molecule has 2 fully saturated rings. The predicted octanol–water partition coefficient (Wildman–Crippen LogP) is 3.29. The van der Waals surface area contributed by atoms with Crippen LogP contribution in [-0.4, -0.2) is 40.6 Å². The third-order valence-corrected chi connectivity index (χ3v) is 5.17. The summed E-state index contributed by atoms with van der Waals surface area (Å²) < 4.78 is 5.39. The molecule has 2 aliphatic heterocycles. The van der Waals surface area contributed by atoms with Crippen LogP contribution in [0.5, 0.6) is 0 Å². The van der Waals surface area contributed by atoms with E-state index in [0.717, 1.165) is 18.4 Å². The molecule has 0 bridgehead atoms. The number of rotatable bonds is 3. The number of nitrogens with zero attached hydrogens (tertiary/aromatic N) is 1. The lowest BCUT2D eigenvalue weighted by atomic mass is 10.0. The number of carboxylic acid groups (broad SMARTS) is 1. The van der Waals surface area contributed by atoms with E-state index in [4.69, 9.17) is 33.0 Å². The van der Waals surface area contributed by atoms with Crippen LogP contribution in [0.4, 0.5) is 0 Å². The van der Waals surface area contributed by atoms with Gasteiger partial charge in [-0.15, -0.1) is 0 Å². The van der Waals surface area contributed by atoms with Gasteiger partial charge in [0.15, 0.2) is 6.10 Å². The van der Waals surface area contributed by atoms with E-state index in [1.807, 2.05) is 6.07 Å². The molecule has 1 unspecified atom stereocenters. The van der Waals surface area contributed by atoms with Gasteiger partial charge in [-0.1, -0.05) is 29.3 Å². The topological polar surface area (TPSA) is 66.8 Å². The number of hydrogen-bond donors (Lipinski definition) is 1. The molecule has 23 heavy (non-hydrogen) atoms. The number of halogens is 2. The Balaban J connectivity index is 1.75. The van der Waals surface area contributed by atoms with Crippen LogP contribution in [0.25, 0.3) is 0 Å². The van der Waals surface area contributed by atoms with Gasteiger partial charge in [0.2, 0.25) is 0 Å². The van der Waals surface area contributed by atoms with Gasteiger partial charge in [-0.2, -0.15) is 0 Å². The zero-order chi connectivity index (χ0) is 16.6. The zero-order valence-corrected chi connectivity index (χ0v) is 13.9. The van der Waals surface area contributed by atoms with E-state index in [-0.39, 0.29) is 11.9 Å². The maximum absolute atomic E-state index is 12.7. The number of amides is 1. The van der Waals surface area contributed by atoms with E-state index in [0.29, 0.717) is 29.4 Å². The average Bonchev–Trinajstić information content (AvgIpc) is 3.18. The van der Waals surface area contributed by atoms with Crippen LogP contribution in [-0.2, 0) is 14.3 Å². The molecule has 7 heteroatoms. The van der Waals surface area contributed by atoms with Crippen molar-refractivity contribution in [1.82, 2.24) is 4.90 Å². The second kappa shape index (κ2) is 6.67. The van der Waals surface area contributed by atoms with Gasteiger partial charge in [0.1, 0.15) is 6.10 Å². The van der Waals surface area contributed by atoms with Gasteiger partial charge in [-0.3, -0.25) is 4.79 Å². The Bertz CT molecular complexity index is 637. The van der Waals surface area contributed by atoms with E-state index in [9.17, 15) is 9.59 Å². The number of hydrogen-bond acceptors (Lipinski definition) is 3. The number of carbonyl (C=O) groups excluding carboxylic acids is 1. The van der Waals surface area contributed by atoms with E-state index in [2.05, 4.69) is 0 Å². The van der Waals surface area contributed by atoms with Crippen LogP contribution in [0.1, 0.15) is 37.3 Å². The predicted molar refractivity (Wildman–Crippen MR) is 85.7 cm³/mol. The largest absolute Gasteiger partial charge is 0.479 e. The Labute approximate surface area is 144 Å². The molecule has 0 aliphatic carbocycles. The molecular formula is C16H17Cl2NO4. The summed E-state index contributed by atoms with van der Waals surface area (Å²) in [5, 5.41) is 9.93. The number of carboxylic acids is 1. The quantitative estimate of drug-likeness (QED) is 0.901. The maximum Gasteiger partial charge on any atom is 0.332 e. The van der Waals surface area contributed by atoms with Gasteiger partial charge in [0.25, 0.3) is 5.91 Å². The van der Waals surface area contributed by atoms with Gasteiger partial charge in [0, 0.05) is 6.54 Å². The van der Waals surface area contributed by atoms with Gasteiger partial charge >= 0.3 is 5.97 Å². The Morgan fingerprint density at radius 3 is 2.52 bits per heavy atom. The molecule has 1 N–H and O–H groups in total. The Hall–Kier alpha value is -1.30. The fraction of sp³-hybridized carbons (Fsp3) is 0.500. The standard InChI is InChI=1S/C16H17Cl2NO4/c17-10-4-3-9(8-11(10)18)12-2-1-7-19(12)15(20)13-5-6-14(23-13)16(21)22/h3-4,8,12-14H,1-2,5-7H2,(H,21,22)/t12?,13-,14+/m0/s1. The van der Waals surface area contributed by atoms with Crippen molar-refractivity contribution in [1.29, 1.82) is 0 Å². The van der Waals surface area contributed by atoms with Crippen LogP contribution in [0.3, 0.4) is 0 Å². The lowest BCUT2D eigenvalue weighted by Crippen LogP contribution is -2.39. The van der Waals surface area contributed by atoms with Crippen LogP contribution in [0.2, 0.25) is 10.0 Å². The summed E-state index contributed by atoms with van der Waals surface area (Å²) in [5.74, 6) is -1.15. The lowest BCUT2D eigenvalue weighted by Gasteiger charge is -2.27.